The lowest BCUT2D eigenvalue weighted by Gasteiger charge is -2.49. The number of fused-ring (bicyclic) bond motifs is 2. The molecule has 4 rings (SSSR count). The summed E-state index contributed by atoms with van der Waals surface area (Å²) < 4.78 is 0. The number of nitro benzene ring substituents is 1. The van der Waals surface area contributed by atoms with E-state index in [4.69, 9.17) is 0 Å². The molecule has 2 atom stereocenters. The molecule has 152 valence electrons. The van der Waals surface area contributed by atoms with Crippen LogP contribution in [0, 0.1) is 17.0 Å². The third kappa shape index (κ3) is 4.48. The van der Waals surface area contributed by atoms with Gasteiger partial charge in [-0.25, -0.2) is 0 Å². The summed E-state index contributed by atoms with van der Waals surface area (Å²) in [6.07, 6.45) is 5.43. The van der Waals surface area contributed by atoms with E-state index in [0.717, 1.165) is 32.2 Å². The second-order valence-corrected chi connectivity index (χ2v) is 8.35. The third-order valence-corrected chi connectivity index (χ3v) is 6.27. The molecule has 0 radical (unpaired) electrons. The molecule has 2 heterocycles. The molecule has 2 saturated heterocycles. The highest BCUT2D eigenvalue weighted by Crippen LogP contribution is 2.35. The van der Waals surface area contributed by atoms with Gasteiger partial charge in [-0.15, -0.1) is 0 Å². The molecule has 2 aromatic carbocycles. The number of rotatable bonds is 5. The fraction of sp³-hybridized carbons (Fsp3) is 0.435. The molecule has 2 bridgehead atoms. The molecule has 1 amide bonds. The zero-order valence-corrected chi connectivity index (χ0v) is 16.7. The molecule has 0 aliphatic carbocycles. The molecule has 2 fully saturated rings. The van der Waals surface area contributed by atoms with Gasteiger partial charge in [0.25, 0.3) is 11.6 Å². The van der Waals surface area contributed by atoms with Crippen molar-refractivity contribution in [1.29, 1.82) is 0 Å². The van der Waals surface area contributed by atoms with Crippen molar-refractivity contribution in [3.63, 3.8) is 0 Å². The quantitative estimate of drug-likeness (QED) is 0.610. The Hall–Kier alpha value is -2.73. The monoisotopic (exact) mass is 393 g/mol. The van der Waals surface area contributed by atoms with Crippen LogP contribution in [-0.4, -0.2) is 33.9 Å². The second-order valence-electron chi connectivity index (χ2n) is 8.35. The Morgan fingerprint density at radius 2 is 1.83 bits per heavy atom. The van der Waals surface area contributed by atoms with Crippen LogP contribution in [-0.2, 0) is 6.54 Å². The van der Waals surface area contributed by atoms with Crippen molar-refractivity contribution in [1.82, 2.24) is 10.2 Å². The number of carbonyl (C=O) groups excluding carboxylic acids is 1. The van der Waals surface area contributed by atoms with Gasteiger partial charge in [0.15, 0.2) is 0 Å². The summed E-state index contributed by atoms with van der Waals surface area (Å²) >= 11 is 0. The zero-order chi connectivity index (χ0) is 20.4. The van der Waals surface area contributed by atoms with E-state index in [1.807, 2.05) is 0 Å². The topological polar surface area (TPSA) is 75.5 Å². The van der Waals surface area contributed by atoms with Crippen LogP contribution < -0.4 is 5.32 Å². The van der Waals surface area contributed by atoms with Crippen molar-refractivity contribution in [2.45, 2.75) is 63.7 Å². The normalized spacial score (nSPS) is 24.1. The summed E-state index contributed by atoms with van der Waals surface area (Å²) in [5.74, 6) is -0.219. The summed E-state index contributed by atoms with van der Waals surface area (Å²) in [5.41, 5.74) is 2.91. The molecule has 2 aromatic rings. The van der Waals surface area contributed by atoms with Gasteiger partial charge in [-0.2, -0.15) is 0 Å². The fourth-order valence-electron chi connectivity index (χ4n) is 4.79. The Morgan fingerprint density at radius 1 is 1.14 bits per heavy atom. The molecule has 2 aliphatic heterocycles. The number of nitrogens with one attached hydrogen (secondary N) is 1. The van der Waals surface area contributed by atoms with E-state index >= 15 is 0 Å². The fourth-order valence-corrected chi connectivity index (χ4v) is 4.79. The van der Waals surface area contributed by atoms with Gasteiger partial charge < -0.3 is 5.32 Å². The number of piperidine rings is 2. The van der Waals surface area contributed by atoms with Crippen molar-refractivity contribution < 1.29 is 9.72 Å². The molecule has 0 spiro atoms. The number of amides is 1. The molecule has 6 nitrogen and oxygen atoms in total. The lowest BCUT2D eigenvalue weighted by molar-refractivity contribution is -0.384. The van der Waals surface area contributed by atoms with Gasteiger partial charge in [0.05, 0.1) is 4.92 Å². The summed E-state index contributed by atoms with van der Waals surface area (Å²) in [7, 11) is 0. The lowest BCUT2D eigenvalue weighted by atomic mass is 9.81. The van der Waals surface area contributed by atoms with Crippen LogP contribution in [0.4, 0.5) is 5.69 Å². The summed E-state index contributed by atoms with van der Waals surface area (Å²) in [6, 6.07) is 15.8. The highest BCUT2D eigenvalue weighted by atomic mass is 16.6. The first-order valence-electron chi connectivity index (χ1n) is 10.4. The number of nitrogens with zero attached hydrogens (tertiary/aromatic N) is 2. The minimum absolute atomic E-state index is 0.0533. The number of hydrogen-bond donors (Lipinski definition) is 1. The van der Waals surface area contributed by atoms with Gasteiger partial charge in [0.2, 0.25) is 0 Å². The Balaban J connectivity index is 1.42. The van der Waals surface area contributed by atoms with E-state index in [-0.39, 0.29) is 17.6 Å². The van der Waals surface area contributed by atoms with E-state index in [9.17, 15) is 14.9 Å². The van der Waals surface area contributed by atoms with Crippen LogP contribution in [0.5, 0.6) is 0 Å². The van der Waals surface area contributed by atoms with Gasteiger partial charge in [0, 0.05) is 42.4 Å². The average Bonchev–Trinajstić information content (AvgIpc) is 2.70. The summed E-state index contributed by atoms with van der Waals surface area (Å²) in [5, 5.41) is 14.1. The van der Waals surface area contributed by atoms with Crippen molar-refractivity contribution in [2.75, 3.05) is 0 Å². The molecule has 0 aromatic heterocycles. The van der Waals surface area contributed by atoms with Gasteiger partial charge in [-0.1, -0.05) is 42.3 Å². The minimum atomic E-state index is -0.468. The maximum Gasteiger partial charge on any atom is 0.270 e. The average molecular weight is 393 g/mol. The van der Waals surface area contributed by atoms with E-state index in [1.165, 1.54) is 29.7 Å². The highest BCUT2D eigenvalue weighted by Gasteiger charge is 2.38. The number of nitro groups is 1. The summed E-state index contributed by atoms with van der Waals surface area (Å²) in [4.78, 5) is 25.8. The molecule has 1 N–H and O–H groups in total. The number of aryl methyl sites for hydroxylation is 1. The van der Waals surface area contributed by atoms with Gasteiger partial charge in [-0.05, 0) is 44.2 Å². The van der Waals surface area contributed by atoms with Crippen LogP contribution in [0.1, 0.15) is 53.6 Å². The smallest absolute Gasteiger partial charge is 0.270 e. The molecular formula is C23H27N3O3. The molecule has 0 unspecified atom stereocenters. The van der Waals surface area contributed by atoms with Gasteiger partial charge >= 0.3 is 0 Å². The SMILES string of the molecule is Cc1ccc(CN2[C@@H]3CCC[C@@H]2CC(NC(=O)c2cccc([N+](=O)[O-])c2)C3)cc1. The predicted molar refractivity (Wildman–Crippen MR) is 112 cm³/mol. The van der Waals surface area contributed by atoms with Gasteiger partial charge in [-0.3, -0.25) is 19.8 Å². The first kappa shape index (κ1) is 19.6. The largest absolute Gasteiger partial charge is 0.349 e. The van der Waals surface area contributed by atoms with Crippen LogP contribution in [0.2, 0.25) is 0 Å². The van der Waals surface area contributed by atoms with E-state index in [0.29, 0.717) is 17.6 Å². The van der Waals surface area contributed by atoms with E-state index in [2.05, 4.69) is 41.4 Å². The maximum atomic E-state index is 12.7. The van der Waals surface area contributed by atoms with E-state index < -0.39 is 4.92 Å². The van der Waals surface area contributed by atoms with Crippen LogP contribution >= 0.6 is 0 Å². The molecule has 6 heteroatoms. The van der Waals surface area contributed by atoms with Crippen molar-refractivity contribution in [3.8, 4) is 0 Å². The summed E-state index contributed by atoms with van der Waals surface area (Å²) in [6.45, 7) is 3.06. The standard InChI is InChI=1S/C23H27N3O3/c1-16-8-10-17(11-9-16)15-25-20-5-3-6-21(25)14-19(13-20)24-23(27)18-4-2-7-22(12-18)26(28)29/h2,4,7-12,19-21H,3,5-6,13-15H2,1H3,(H,24,27)/t20-,21-/m1/s1. The maximum absolute atomic E-state index is 12.7. The first-order valence-corrected chi connectivity index (χ1v) is 10.4. The Labute approximate surface area is 171 Å². The number of carbonyl (C=O) groups is 1. The van der Waals surface area contributed by atoms with E-state index in [1.54, 1.807) is 12.1 Å². The van der Waals surface area contributed by atoms with Crippen molar-refractivity contribution in [3.05, 3.63) is 75.3 Å². The Morgan fingerprint density at radius 3 is 2.48 bits per heavy atom. The Bertz CT molecular complexity index is 882. The van der Waals surface area contributed by atoms with Crippen LogP contribution in [0.25, 0.3) is 0 Å². The number of benzene rings is 2. The van der Waals surface area contributed by atoms with Crippen molar-refractivity contribution in [2.24, 2.45) is 0 Å². The van der Waals surface area contributed by atoms with Gasteiger partial charge in [0.1, 0.15) is 0 Å². The minimum Gasteiger partial charge on any atom is -0.349 e. The zero-order valence-electron chi connectivity index (χ0n) is 16.7. The number of non-ortho nitro benzene ring substituents is 1. The highest BCUT2D eigenvalue weighted by molar-refractivity contribution is 5.95. The number of hydrogen-bond acceptors (Lipinski definition) is 4. The lowest BCUT2D eigenvalue weighted by Crippen LogP contribution is -2.56. The van der Waals surface area contributed by atoms with Crippen LogP contribution in [0.3, 0.4) is 0 Å². The van der Waals surface area contributed by atoms with Crippen LogP contribution in [0.15, 0.2) is 48.5 Å². The van der Waals surface area contributed by atoms with Crippen molar-refractivity contribution >= 4 is 11.6 Å². The second kappa shape index (κ2) is 8.33. The molecule has 0 saturated carbocycles. The third-order valence-electron chi connectivity index (χ3n) is 6.27. The molecular weight excluding hydrogens is 366 g/mol. The molecule has 29 heavy (non-hydrogen) atoms. The first-order chi connectivity index (χ1) is 14.0. The molecule has 2 aliphatic rings. The Kier molecular flexibility index (Phi) is 5.62. The predicted octanol–water partition coefficient (Wildman–Crippen LogP) is 4.22.